The molecule has 0 spiro atoms. The molecule has 2 heterocycles. The van der Waals surface area contributed by atoms with E-state index in [0.717, 1.165) is 15.3 Å². The predicted molar refractivity (Wildman–Crippen MR) is 86.7 cm³/mol. The maximum Gasteiger partial charge on any atom is 0.303 e. The van der Waals surface area contributed by atoms with Crippen molar-refractivity contribution in [2.24, 2.45) is 0 Å². The molecule has 0 aliphatic heterocycles. The van der Waals surface area contributed by atoms with E-state index in [4.69, 9.17) is 9.47 Å². The monoisotopic (exact) mass is 334 g/mol. The lowest BCUT2D eigenvalue weighted by Crippen LogP contribution is -2.22. The molecule has 22 heavy (non-hydrogen) atoms. The molecule has 0 saturated carbocycles. The van der Waals surface area contributed by atoms with E-state index in [1.54, 1.807) is 22.7 Å². The Hall–Kier alpha value is -2.10. The van der Waals surface area contributed by atoms with Gasteiger partial charge in [0, 0.05) is 24.3 Å². The number of esters is 2. The molecule has 2 aromatic heterocycles. The standard InChI is InChI=1S/C16H14O4S2/c1-11(17)19-10-14(20-12(2)18)6-5-13-7-9-22-16(13)15-4-3-8-21-15/h3-4,7-9,14H,10H2,1-2H3. The van der Waals surface area contributed by atoms with E-state index in [1.165, 1.54) is 13.8 Å². The summed E-state index contributed by atoms with van der Waals surface area (Å²) in [6.07, 6.45) is -0.766. The molecule has 0 aromatic carbocycles. The second-order valence-corrected chi connectivity index (χ2v) is 6.17. The Morgan fingerprint density at radius 2 is 2.00 bits per heavy atom. The van der Waals surface area contributed by atoms with Crippen LogP contribution in [0.5, 0.6) is 0 Å². The molecule has 114 valence electrons. The van der Waals surface area contributed by atoms with E-state index in [9.17, 15) is 9.59 Å². The first-order valence-electron chi connectivity index (χ1n) is 6.49. The maximum atomic E-state index is 11.1. The molecule has 0 aliphatic rings. The number of rotatable bonds is 4. The summed E-state index contributed by atoms with van der Waals surface area (Å²) in [7, 11) is 0. The first kappa shape index (κ1) is 16.3. The SMILES string of the molecule is CC(=O)OCC(C#Cc1ccsc1-c1cccs1)OC(C)=O. The second kappa shape index (κ2) is 7.78. The zero-order chi connectivity index (χ0) is 15.9. The Bertz CT molecular complexity index is 704. The fourth-order valence-electron chi connectivity index (χ4n) is 1.66. The van der Waals surface area contributed by atoms with Crippen LogP contribution in [0, 0.1) is 11.8 Å². The van der Waals surface area contributed by atoms with Gasteiger partial charge in [-0.1, -0.05) is 12.0 Å². The van der Waals surface area contributed by atoms with Crippen LogP contribution in [0.25, 0.3) is 9.75 Å². The molecule has 2 aromatic rings. The van der Waals surface area contributed by atoms with Crippen LogP contribution in [0.15, 0.2) is 29.0 Å². The first-order valence-corrected chi connectivity index (χ1v) is 8.25. The van der Waals surface area contributed by atoms with E-state index < -0.39 is 18.0 Å². The molecular formula is C16H14O4S2. The summed E-state index contributed by atoms with van der Waals surface area (Å²) >= 11 is 3.25. The predicted octanol–water partition coefficient (Wildman–Crippen LogP) is 3.32. The van der Waals surface area contributed by atoms with Gasteiger partial charge in [0.1, 0.15) is 6.61 Å². The fourth-order valence-corrected chi connectivity index (χ4v) is 3.40. The molecule has 2 rings (SSSR count). The van der Waals surface area contributed by atoms with Crippen LogP contribution >= 0.6 is 22.7 Å². The van der Waals surface area contributed by atoms with Gasteiger partial charge in [0.05, 0.1) is 4.88 Å². The third-order valence-electron chi connectivity index (χ3n) is 2.52. The highest BCUT2D eigenvalue weighted by Crippen LogP contribution is 2.32. The zero-order valence-corrected chi connectivity index (χ0v) is 13.8. The normalized spacial score (nSPS) is 11.2. The van der Waals surface area contributed by atoms with E-state index in [2.05, 4.69) is 11.8 Å². The van der Waals surface area contributed by atoms with Crippen molar-refractivity contribution in [2.75, 3.05) is 6.61 Å². The van der Waals surface area contributed by atoms with Gasteiger partial charge in [0.15, 0.2) is 6.10 Å². The maximum absolute atomic E-state index is 11.1. The minimum absolute atomic E-state index is 0.0691. The number of carbonyl (C=O) groups is 2. The fraction of sp³-hybridized carbons (Fsp3) is 0.250. The number of thiophene rings is 2. The van der Waals surface area contributed by atoms with Crippen LogP contribution in [0.3, 0.4) is 0 Å². The van der Waals surface area contributed by atoms with Crippen molar-refractivity contribution in [2.45, 2.75) is 20.0 Å². The third kappa shape index (κ3) is 4.72. The first-order chi connectivity index (χ1) is 10.6. The van der Waals surface area contributed by atoms with Crippen molar-refractivity contribution in [3.05, 3.63) is 34.5 Å². The summed E-state index contributed by atoms with van der Waals surface area (Å²) < 4.78 is 9.91. The third-order valence-corrected chi connectivity index (χ3v) is 4.49. The lowest BCUT2D eigenvalue weighted by atomic mass is 10.2. The van der Waals surface area contributed by atoms with Crippen molar-refractivity contribution in [3.8, 4) is 21.6 Å². The van der Waals surface area contributed by atoms with Crippen LogP contribution in [0.1, 0.15) is 19.4 Å². The number of ether oxygens (including phenoxy) is 2. The average molecular weight is 334 g/mol. The summed E-state index contributed by atoms with van der Waals surface area (Å²) in [5.74, 6) is 4.96. The van der Waals surface area contributed by atoms with Gasteiger partial charge in [-0.2, -0.15) is 0 Å². The van der Waals surface area contributed by atoms with Crippen molar-refractivity contribution >= 4 is 34.6 Å². The molecule has 0 amide bonds. The number of hydrogen-bond acceptors (Lipinski definition) is 6. The summed E-state index contributed by atoms with van der Waals surface area (Å²) in [5, 5.41) is 3.97. The van der Waals surface area contributed by atoms with E-state index in [1.807, 2.05) is 29.0 Å². The molecule has 0 bridgehead atoms. The molecule has 0 saturated heterocycles. The average Bonchev–Trinajstić information content (AvgIpc) is 3.11. The number of hydrogen-bond donors (Lipinski definition) is 0. The van der Waals surface area contributed by atoms with Crippen LogP contribution < -0.4 is 0 Å². The van der Waals surface area contributed by atoms with Gasteiger partial charge in [-0.15, -0.1) is 22.7 Å². The molecule has 1 unspecified atom stereocenters. The Morgan fingerprint density at radius 1 is 1.18 bits per heavy atom. The Balaban J connectivity index is 2.17. The van der Waals surface area contributed by atoms with E-state index in [-0.39, 0.29) is 6.61 Å². The highest BCUT2D eigenvalue weighted by atomic mass is 32.1. The van der Waals surface area contributed by atoms with Crippen LogP contribution in [0.4, 0.5) is 0 Å². The highest BCUT2D eigenvalue weighted by Gasteiger charge is 2.11. The lowest BCUT2D eigenvalue weighted by molar-refractivity contribution is -0.152. The summed E-state index contributed by atoms with van der Waals surface area (Å²) in [4.78, 5) is 24.2. The van der Waals surface area contributed by atoms with Crippen molar-refractivity contribution in [1.29, 1.82) is 0 Å². The summed E-state index contributed by atoms with van der Waals surface area (Å²) in [6.45, 7) is 2.52. The van der Waals surface area contributed by atoms with Gasteiger partial charge in [-0.25, -0.2) is 0 Å². The number of carbonyl (C=O) groups excluding carboxylic acids is 2. The van der Waals surface area contributed by atoms with Crippen LogP contribution in [-0.2, 0) is 19.1 Å². The Morgan fingerprint density at radius 3 is 2.64 bits per heavy atom. The van der Waals surface area contributed by atoms with Gasteiger partial charge in [0.2, 0.25) is 0 Å². The van der Waals surface area contributed by atoms with Gasteiger partial charge < -0.3 is 9.47 Å². The Labute approximate surface area is 136 Å². The minimum Gasteiger partial charge on any atom is -0.461 e. The molecule has 6 heteroatoms. The molecule has 0 N–H and O–H groups in total. The van der Waals surface area contributed by atoms with Gasteiger partial charge in [0.25, 0.3) is 0 Å². The van der Waals surface area contributed by atoms with E-state index in [0.29, 0.717) is 0 Å². The Kier molecular flexibility index (Phi) is 5.75. The van der Waals surface area contributed by atoms with Gasteiger partial charge >= 0.3 is 11.9 Å². The molecule has 4 nitrogen and oxygen atoms in total. The smallest absolute Gasteiger partial charge is 0.303 e. The molecule has 0 radical (unpaired) electrons. The van der Waals surface area contributed by atoms with Crippen LogP contribution in [-0.4, -0.2) is 24.6 Å². The van der Waals surface area contributed by atoms with Crippen molar-refractivity contribution < 1.29 is 19.1 Å². The van der Waals surface area contributed by atoms with Gasteiger partial charge in [-0.3, -0.25) is 9.59 Å². The highest BCUT2D eigenvalue weighted by molar-refractivity contribution is 7.20. The quantitative estimate of drug-likeness (QED) is 0.636. The van der Waals surface area contributed by atoms with Crippen molar-refractivity contribution in [3.63, 3.8) is 0 Å². The van der Waals surface area contributed by atoms with Crippen molar-refractivity contribution in [1.82, 2.24) is 0 Å². The molecule has 1 atom stereocenters. The van der Waals surface area contributed by atoms with Crippen LogP contribution in [0.2, 0.25) is 0 Å². The molecule has 0 aliphatic carbocycles. The second-order valence-electron chi connectivity index (χ2n) is 4.31. The topological polar surface area (TPSA) is 52.6 Å². The summed E-state index contributed by atoms with van der Waals surface area (Å²) in [5.41, 5.74) is 0.868. The zero-order valence-electron chi connectivity index (χ0n) is 12.1. The van der Waals surface area contributed by atoms with E-state index >= 15 is 0 Å². The largest absolute Gasteiger partial charge is 0.461 e. The molecule has 0 fully saturated rings. The van der Waals surface area contributed by atoms with Gasteiger partial charge in [-0.05, 0) is 28.8 Å². The lowest BCUT2D eigenvalue weighted by Gasteiger charge is -2.10. The minimum atomic E-state index is -0.766. The molecular weight excluding hydrogens is 320 g/mol. The summed E-state index contributed by atoms with van der Waals surface area (Å²) in [6, 6.07) is 5.94.